The zero-order valence-corrected chi connectivity index (χ0v) is 15.6. The zero-order valence-electron chi connectivity index (χ0n) is 15.6. The third kappa shape index (κ3) is 6.98. The van der Waals surface area contributed by atoms with Crippen molar-refractivity contribution in [2.24, 2.45) is 0 Å². The molecule has 0 aliphatic rings. The van der Waals surface area contributed by atoms with E-state index in [1.807, 2.05) is 31.2 Å². The summed E-state index contributed by atoms with van der Waals surface area (Å²) in [6.07, 6.45) is 3.56. The van der Waals surface area contributed by atoms with Gasteiger partial charge >= 0.3 is 5.97 Å². The molecule has 0 spiro atoms. The molecule has 140 valence electrons. The summed E-state index contributed by atoms with van der Waals surface area (Å²) >= 11 is 0. The Kier molecular flexibility index (Phi) is 8.93. The summed E-state index contributed by atoms with van der Waals surface area (Å²) in [5, 5.41) is 23.6. The number of unbranched alkanes of at least 4 members (excludes halogenated alkanes) is 2. The van der Waals surface area contributed by atoms with Crippen molar-refractivity contribution in [3.8, 4) is 6.07 Å². The molecule has 0 saturated heterocycles. The summed E-state index contributed by atoms with van der Waals surface area (Å²) in [5.74, 6) is -0.930. The Morgan fingerprint density at radius 3 is 2.62 bits per heavy atom. The lowest BCUT2D eigenvalue weighted by atomic mass is 9.98. The van der Waals surface area contributed by atoms with Crippen LogP contribution in [0.25, 0.3) is 0 Å². The molecule has 0 heterocycles. The van der Waals surface area contributed by atoms with Crippen molar-refractivity contribution < 1.29 is 14.7 Å². The maximum absolute atomic E-state index is 12.1. The molecule has 0 aromatic heterocycles. The van der Waals surface area contributed by atoms with Gasteiger partial charge in [-0.2, -0.15) is 5.26 Å². The number of hydrogen-bond acceptors (Lipinski definition) is 4. The van der Waals surface area contributed by atoms with Gasteiger partial charge in [-0.1, -0.05) is 38.5 Å². The molecule has 0 atom stereocenters. The number of benzene rings is 1. The molecule has 1 aromatic carbocycles. The topological polar surface area (TPSA) is 102 Å². The number of para-hydroxylation sites is 1. The lowest BCUT2D eigenvalue weighted by molar-refractivity contribution is -0.137. The number of aryl methyl sites for hydroxylation is 1. The van der Waals surface area contributed by atoms with Gasteiger partial charge in [0.15, 0.2) is 0 Å². The Morgan fingerprint density at radius 2 is 2.00 bits per heavy atom. The molecular weight excluding hydrogens is 330 g/mol. The van der Waals surface area contributed by atoms with Crippen molar-refractivity contribution in [2.45, 2.75) is 52.4 Å². The molecule has 1 rings (SSSR count). The van der Waals surface area contributed by atoms with E-state index in [4.69, 9.17) is 5.11 Å². The number of aliphatic carboxylic acids is 1. The average Bonchev–Trinajstić information content (AvgIpc) is 2.59. The number of nitriles is 1. The van der Waals surface area contributed by atoms with Crippen molar-refractivity contribution in [1.29, 1.82) is 5.26 Å². The van der Waals surface area contributed by atoms with E-state index in [9.17, 15) is 14.9 Å². The third-order valence-electron chi connectivity index (χ3n) is 4.01. The van der Waals surface area contributed by atoms with Crippen molar-refractivity contribution in [2.75, 3.05) is 11.9 Å². The first kappa shape index (κ1) is 21.2. The number of carboxylic acids is 1. The van der Waals surface area contributed by atoms with E-state index < -0.39 is 11.9 Å². The van der Waals surface area contributed by atoms with Crippen LogP contribution in [0, 0.1) is 18.3 Å². The third-order valence-corrected chi connectivity index (χ3v) is 4.01. The summed E-state index contributed by atoms with van der Waals surface area (Å²) < 4.78 is 0. The fourth-order valence-corrected chi connectivity index (χ4v) is 2.54. The molecule has 0 aliphatic heterocycles. The minimum Gasteiger partial charge on any atom is -0.481 e. The fourth-order valence-electron chi connectivity index (χ4n) is 2.54. The SMILES string of the molecule is Cc1cccc(C(C)C)c1N/C=C(/C#N)C(=O)NCCCCCC(=O)O. The van der Waals surface area contributed by atoms with Gasteiger partial charge in [-0.15, -0.1) is 0 Å². The molecule has 1 amide bonds. The van der Waals surface area contributed by atoms with Gasteiger partial charge < -0.3 is 15.7 Å². The van der Waals surface area contributed by atoms with Gasteiger partial charge in [-0.25, -0.2) is 0 Å². The Bertz CT molecular complexity index is 703. The van der Waals surface area contributed by atoms with Gasteiger partial charge in [-0.3, -0.25) is 9.59 Å². The van der Waals surface area contributed by atoms with E-state index in [0.717, 1.165) is 23.2 Å². The van der Waals surface area contributed by atoms with Crippen molar-refractivity contribution >= 4 is 17.6 Å². The highest BCUT2D eigenvalue weighted by Gasteiger charge is 2.11. The van der Waals surface area contributed by atoms with Crippen molar-refractivity contribution in [1.82, 2.24) is 5.32 Å². The molecule has 0 unspecified atom stereocenters. The molecule has 26 heavy (non-hydrogen) atoms. The molecule has 6 heteroatoms. The number of amides is 1. The average molecular weight is 357 g/mol. The van der Waals surface area contributed by atoms with E-state index in [0.29, 0.717) is 25.3 Å². The first-order chi connectivity index (χ1) is 12.4. The molecular formula is C20H27N3O3. The van der Waals surface area contributed by atoms with Gasteiger partial charge in [0.25, 0.3) is 5.91 Å². The molecule has 6 nitrogen and oxygen atoms in total. The minimum atomic E-state index is -0.813. The van der Waals surface area contributed by atoms with Crippen LogP contribution in [-0.2, 0) is 9.59 Å². The molecule has 0 fully saturated rings. The van der Waals surface area contributed by atoms with Crippen LogP contribution in [0.4, 0.5) is 5.69 Å². The Morgan fingerprint density at radius 1 is 1.27 bits per heavy atom. The summed E-state index contributed by atoms with van der Waals surface area (Å²) in [6.45, 7) is 6.57. The van der Waals surface area contributed by atoms with E-state index in [2.05, 4.69) is 24.5 Å². The van der Waals surface area contributed by atoms with E-state index in [1.54, 1.807) is 0 Å². The number of carbonyl (C=O) groups is 2. The lowest BCUT2D eigenvalue weighted by Crippen LogP contribution is -2.26. The highest BCUT2D eigenvalue weighted by atomic mass is 16.4. The zero-order chi connectivity index (χ0) is 19.5. The minimum absolute atomic E-state index is 0.00787. The summed E-state index contributed by atoms with van der Waals surface area (Å²) in [6, 6.07) is 7.91. The molecule has 3 N–H and O–H groups in total. The Hall–Kier alpha value is -2.81. The van der Waals surface area contributed by atoms with Gasteiger partial charge in [-0.05, 0) is 36.8 Å². The Labute approximate surface area is 154 Å². The van der Waals surface area contributed by atoms with Crippen LogP contribution in [0.1, 0.15) is 56.6 Å². The smallest absolute Gasteiger partial charge is 0.303 e. The number of nitrogens with one attached hydrogen (secondary N) is 2. The van der Waals surface area contributed by atoms with Gasteiger partial charge in [0, 0.05) is 24.9 Å². The number of hydrogen-bond donors (Lipinski definition) is 3. The second kappa shape index (κ2) is 10.9. The van der Waals surface area contributed by atoms with Gasteiger partial charge in [0.05, 0.1) is 0 Å². The second-order valence-electron chi connectivity index (χ2n) is 6.47. The number of carboxylic acid groups (broad SMARTS) is 1. The highest BCUT2D eigenvalue weighted by molar-refractivity contribution is 5.97. The fraction of sp³-hybridized carbons (Fsp3) is 0.450. The van der Waals surface area contributed by atoms with Crippen LogP contribution in [0.3, 0.4) is 0 Å². The predicted octanol–water partition coefficient (Wildman–Crippen LogP) is 3.70. The monoisotopic (exact) mass is 357 g/mol. The molecule has 0 aliphatic carbocycles. The first-order valence-corrected chi connectivity index (χ1v) is 8.83. The second-order valence-corrected chi connectivity index (χ2v) is 6.47. The largest absolute Gasteiger partial charge is 0.481 e. The molecule has 0 bridgehead atoms. The van der Waals surface area contributed by atoms with Crippen LogP contribution in [0.2, 0.25) is 0 Å². The number of carbonyl (C=O) groups excluding carboxylic acids is 1. The first-order valence-electron chi connectivity index (χ1n) is 8.83. The maximum Gasteiger partial charge on any atom is 0.303 e. The molecule has 0 saturated carbocycles. The van der Waals surface area contributed by atoms with E-state index >= 15 is 0 Å². The number of rotatable bonds is 10. The summed E-state index contributed by atoms with van der Waals surface area (Å²) in [4.78, 5) is 22.5. The van der Waals surface area contributed by atoms with Crippen LogP contribution in [0.5, 0.6) is 0 Å². The number of anilines is 1. The van der Waals surface area contributed by atoms with Gasteiger partial charge in [0.1, 0.15) is 11.6 Å². The quantitative estimate of drug-likeness (QED) is 0.337. The van der Waals surface area contributed by atoms with E-state index in [1.165, 1.54) is 6.20 Å². The van der Waals surface area contributed by atoms with Gasteiger partial charge in [0.2, 0.25) is 0 Å². The van der Waals surface area contributed by atoms with Crippen molar-refractivity contribution in [3.63, 3.8) is 0 Å². The van der Waals surface area contributed by atoms with E-state index in [-0.39, 0.29) is 12.0 Å². The predicted molar refractivity (Wildman–Crippen MR) is 102 cm³/mol. The standard InChI is InChI=1S/C20H27N3O3/c1-14(2)17-9-7-8-15(3)19(17)23-13-16(12-21)20(26)22-11-6-4-5-10-18(24)25/h7-9,13-14,23H,4-6,10-11H2,1-3H3,(H,22,26)(H,24,25)/b16-13-. The van der Waals surface area contributed by atoms with Crippen LogP contribution >= 0.6 is 0 Å². The van der Waals surface area contributed by atoms with Crippen LogP contribution in [-0.4, -0.2) is 23.5 Å². The Balaban J connectivity index is 2.62. The number of nitrogens with zero attached hydrogens (tertiary/aromatic N) is 1. The molecule has 0 radical (unpaired) electrons. The summed E-state index contributed by atoms with van der Waals surface area (Å²) in [7, 11) is 0. The van der Waals surface area contributed by atoms with Crippen LogP contribution < -0.4 is 10.6 Å². The summed E-state index contributed by atoms with van der Waals surface area (Å²) in [5.41, 5.74) is 3.09. The van der Waals surface area contributed by atoms with Crippen LogP contribution in [0.15, 0.2) is 30.0 Å². The normalized spacial score (nSPS) is 11.1. The maximum atomic E-state index is 12.1. The molecule has 1 aromatic rings. The van der Waals surface area contributed by atoms with Crippen molar-refractivity contribution in [3.05, 3.63) is 41.1 Å². The highest BCUT2D eigenvalue weighted by Crippen LogP contribution is 2.27. The lowest BCUT2D eigenvalue weighted by Gasteiger charge is -2.15.